The highest BCUT2D eigenvalue weighted by atomic mass is 35.5. The largest absolute Gasteiger partial charge is 0.352 e. The third kappa shape index (κ3) is 4.98. The number of aromatic amines is 1. The van der Waals surface area contributed by atoms with E-state index in [4.69, 9.17) is 11.6 Å². The Hall–Kier alpha value is -2.37. The van der Waals surface area contributed by atoms with E-state index in [-0.39, 0.29) is 5.91 Å². The number of aromatic nitrogens is 2. The number of benzene rings is 2. The van der Waals surface area contributed by atoms with Crippen LogP contribution in [0.3, 0.4) is 0 Å². The normalized spacial score (nSPS) is 11.4. The van der Waals surface area contributed by atoms with Crippen molar-refractivity contribution in [2.45, 2.75) is 34.1 Å². The number of nitrogens with one attached hydrogen (secondary N) is 2. The van der Waals surface area contributed by atoms with Crippen LogP contribution in [0.1, 0.15) is 41.8 Å². The Morgan fingerprint density at radius 1 is 1.14 bits per heavy atom. The highest BCUT2D eigenvalue weighted by molar-refractivity contribution is 6.32. The molecule has 0 atom stereocenters. The summed E-state index contributed by atoms with van der Waals surface area (Å²) in [5.74, 6) is 0.747. The van der Waals surface area contributed by atoms with Crippen molar-refractivity contribution in [1.82, 2.24) is 20.2 Å². The number of aryl methyl sites for hydroxylation is 2. The van der Waals surface area contributed by atoms with Crippen LogP contribution in [-0.4, -0.2) is 47.0 Å². The summed E-state index contributed by atoms with van der Waals surface area (Å²) in [4.78, 5) is 22.9. The van der Waals surface area contributed by atoms with Gasteiger partial charge in [-0.05, 0) is 75.3 Å². The van der Waals surface area contributed by atoms with Crippen LogP contribution in [0.4, 0.5) is 0 Å². The third-order valence-electron chi connectivity index (χ3n) is 5.34. The van der Waals surface area contributed by atoms with Gasteiger partial charge in [0.15, 0.2) is 0 Å². The molecule has 1 amide bonds. The summed E-state index contributed by atoms with van der Waals surface area (Å²) in [7, 11) is 0. The molecule has 0 aliphatic carbocycles. The van der Waals surface area contributed by atoms with Gasteiger partial charge in [0, 0.05) is 22.7 Å². The van der Waals surface area contributed by atoms with Gasteiger partial charge in [-0.1, -0.05) is 31.5 Å². The number of carbonyl (C=O) groups excluding carboxylic acids is 1. The van der Waals surface area contributed by atoms with Crippen molar-refractivity contribution in [1.29, 1.82) is 0 Å². The Morgan fingerprint density at radius 2 is 1.90 bits per heavy atom. The lowest BCUT2D eigenvalue weighted by Gasteiger charge is -2.17. The van der Waals surface area contributed by atoms with E-state index < -0.39 is 0 Å². The number of amides is 1. The number of fused-ring (bicyclic) bond motifs is 1. The number of halogens is 1. The summed E-state index contributed by atoms with van der Waals surface area (Å²) in [6.45, 7) is 12.0. The molecule has 0 bridgehead atoms. The van der Waals surface area contributed by atoms with E-state index >= 15 is 0 Å². The first-order valence-electron chi connectivity index (χ1n) is 10.2. The summed E-state index contributed by atoms with van der Waals surface area (Å²) in [6, 6.07) is 9.60. The van der Waals surface area contributed by atoms with Crippen LogP contribution in [0.2, 0.25) is 5.02 Å². The molecule has 0 aliphatic rings. The second-order valence-corrected chi connectivity index (χ2v) is 7.78. The number of H-pyrrole nitrogens is 1. The summed E-state index contributed by atoms with van der Waals surface area (Å²) in [5, 5.41) is 3.73. The van der Waals surface area contributed by atoms with Gasteiger partial charge < -0.3 is 15.2 Å². The Balaban J connectivity index is 1.69. The molecule has 2 N–H and O–H groups in total. The summed E-state index contributed by atoms with van der Waals surface area (Å²) in [5.41, 5.74) is 5.46. The zero-order valence-electron chi connectivity index (χ0n) is 17.6. The standard InChI is InChI=1S/C23H29ClN4O/c1-5-28(6-2)11-7-10-25-23(29)17-8-9-18(15(3)12-17)22-26-20-13-16(4)19(24)14-21(20)27-22/h8-9,12-14H,5-7,10-11H2,1-4H3,(H,25,29)(H,26,27). The van der Waals surface area contributed by atoms with Crippen LogP contribution < -0.4 is 5.32 Å². The molecule has 29 heavy (non-hydrogen) atoms. The van der Waals surface area contributed by atoms with Gasteiger partial charge in [0.25, 0.3) is 5.91 Å². The van der Waals surface area contributed by atoms with Gasteiger partial charge >= 0.3 is 0 Å². The molecule has 0 aliphatic heterocycles. The maximum Gasteiger partial charge on any atom is 0.251 e. The molecule has 3 rings (SSSR count). The summed E-state index contributed by atoms with van der Waals surface area (Å²) < 4.78 is 0. The minimum absolute atomic E-state index is 0.0359. The molecule has 1 aromatic heterocycles. The van der Waals surface area contributed by atoms with Crippen molar-refractivity contribution in [3.8, 4) is 11.4 Å². The molecule has 0 fully saturated rings. The first kappa shape index (κ1) is 21.3. The lowest BCUT2D eigenvalue weighted by Crippen LogP contribution is -2.29. The minimum Gasteiger partial charge on any atom is -0.352 e. The van der Waals surface area contributed by atoms with Gasteiger partial charge in [-0.15, -0.1) is 0 Å². The van der Waals surface area contributed by atoms with Crippen molar-refractivity contribution in [3.05, 3.63) is 52.0 Å². The van der Waals surface area contributed by atoms with E-state index in [2.05, 4.69) is 34.0 Å². The van der Waals surface area contributed by atoms with Crippen molar-refractivity contribution >= 4 is 28.5 Å². The van der Waals surface area contributed by atoms with Crippen LogP contribution in [0.25, 0.3) is 22.4 Å². The Kier molecular flexibility index (Phi) is 6.93. The van der Waals surface area contributed by atoms with E-state index in [1.54, 1.807) is 0 Å². The Morgan fingerprint density at radius 3 is 2.59 bits per heavy atom. The number of carbonyl (C=O) groups is 1. The average molecular weight is 413 g/mol. The number of nitrogens with zero attached hydrogens (tertiary/aromatic N) is 2. The quantitative estimate of drug-likeness (QED) is 0.514. The number of hydrogen-bond donors (Lipinski definition) is 2. The fraction of sp³-hybridized carbons (Fsp3) is 0.391. The number of imidazole rings is 1. The third-order valence-corrected chi connectivity index (χ3v) is 5.74. The molecule has 0 saturated carbocycles. The Labute approximate surface area is 177 Å². The van der Waals surface area contributed by atoms with Gasteiger partial charge in [-0.25, -0.2) is 4.98 Å². The van der Waals surface area contributed by atoms with Gasteiger partial charge in [0.2, 0.25) is 0 Å². The van der Waals surface area contributed by atoms with E-state index in [0.29, 0.717) is 17.1 Å². The molecule has 2 aromatic carbocycles. The molecule has 0 radical (unpaired) electrons. The molecule has 0 saturated heterocycles. The molecular formula is C23H29ClN4O. The fourth-order valence-electron chi connectivity index (χ4n) is 3.48. The van der Waals surface area contributed by atoms with E-state index in [1.807, 2.05) is 44.2 Å². The molecule has 5 nitrogen and oxygen atoms in total. The maximum atomic E-state index is 12.5. The number of rotatable bonds is 8. The van der Waals surface area contributed by atoms with Crippen LogP contribution >= 0.6 is 11.6 Å². The predicted molar refractivity (Wildman–Crippen MR) is 121 cm³/mol. The SMILES string of the molecule is CCN(CC)CCCNC(=O)c1ccc(-c2nc3cc(Cl)c(C)cc3[nH]2)c(C)c1. The van der Waals surface area contributed by atoms with Crippen LogP contribution in [0.5, 0.6) is 0 Å². The van der Waals surface area contributed by atoms with Gasteiger partial charge in [0.05, 0.1) is 11.0 Å². The molecule has 3 aromatic rings. The molecule has 0 spiro atoms. The maximum absolute atomic E-state index is 12.5. The van der Waals surface area contributed by atoms with Crippen molar-refractivity contribution in [3.63, 3.8) is 0 Å². The number of hydrogen-bond acceptors (Lipinski definition) is 3. The molecule has 0 unspecified atom stereocenters. The monoisotopic (exact) mass is 412 g/mol. The highest BCUT2D eigenvalue weighted by Gasteiger charge is 2.12. The van der Waals surface area contributed by atoms with Crippen LogP contribution in [-0.2, 0) is 0 Å². The van der Waals surface area contributed by atoms with E-state index in [9.17, 15) is 4.79 Å². The molecule has 154 valence electrons. The van der Waals surface area contributed by atoms with Crippen molar-refractivity contribution < 1.29 is 4.79 Å². The van der Waals surface area contributed by atoms with Crippen molar-refractivity contribution in [2.75, 3.05) is 26.2 Å². The molecule has 6 heteroatoms. The first-order chi connectivity index (χ1) is 13.9. The molecular weight excluding hydrogens is 384 g/mol. The minimum atomic E-state index is -0.0359. The van der Waals surface area contributed by atoms with E-state index in [0.717, 1.165) is 59.6 Å². The zero-order chi connectivity index (χ0) is 21.0. The topological polar surface area (TPSA) is 61.0 Å². The predicted octanol–water partition coefficient (Wildman–Crippen LogP) is 4.96. The second kappa shape index (κ2) is 9.42. The fourth-order valence-corrected chi connectivity index (χ4v) is 3.64. The van der Waals surface area contributed by atoms with Gasteiger partial charge in [-0.3, -0.25) is 4.79 Å². The Bertz CT molecular complexity index is 969. The smallest absolute Gasteiger partial charge is 0.251 e. The average Bonchev–Trinajstić information content (AvgIpc) is 3.10. The zero-order valence-corrected chi connectivity index (χ0v) is 18.4. The lowest BCUT2D eigenvalue weighted by molar-refractivity contribution is 0.0951. The van der Waals surface area contributed by atoms with Crippen LogP contribution in [0, 0.1) is 13.8 Å². The summed E-state index contributed by atoms with van der Waals surface area (Å²) >= 11 is 6.21. The van der Waals surface area contributed by atoms with E-state index in [1.165, 1.54) is 0 Å². The molecule has 1 heterocycles. The summed E-state index contributed by atoms with van der Waals surface area (Å²) in [6.07, 6.45) is 0.950. The van der Waals surface area contributed by atoms with Crippen molar-refractivity contribution in [2.24, 2.45) is 0 Å². The van der Waals surface area contributed by atoms with Crippen LogP contribution in [0.15, 0.2) is 30.3 Å². The van der Waals surface area contributed by atoms with Gasteiger partial charge in [0.1, 0.15) is 5.82 Å². The highest BCUT2D eigenvalue weighted by Crippen LogP contribution is 2.27. The van der Waals surface area contributed by atoms with Gasteiger partial charge in [-0.2, -0.15) is 0 Å². The first-order valence-corrected chi connectivity index (χ1v) is 10.6. The lowest BCUT2D eigenvalue weighted by atomic mass is 10.0. The second-order valence-electron chi connectivity index (χ2n) is 7.37.